The van der Waals surface area contributed by atoms with Gasteiger partial charge in [0.2, 0.25) is 0 Å². The first-order valence-corrected chi connectivity index (χ1v) is 5.39. The third-order valence-corrected chi connectivity index (χ3v) is 2.67. The Balaban J connectivity index is 2.75. The Morgan fingerprint density at radius 3 is 2.78 bits per heavy atom. The van der Waals surface area contributed by atoms with Crippen LogP contribution in [0.25, 0.3) is 11.3 Å². The van der Waals surface area contributed by atoms with E-state index in [1.54, 1.807) is 0 Å². The second kappa shape index (κ2) is 4.70. The summed E-state index contributed by atoms with van der Waals surface area (Å²) in [4.78, 5) is 18.8. The van der Waals surface area contributed by atoms with Crippen molar-refractivity contribution < 1.29 is 14.3 Å². The van der Waals surface area contributed by atoms with E-state index in [-0.39, 0.29) is 22.5 Å². The summed E-state index contributed by atoms with van der Waals surface area (Å²) in [6.07, 6.45) is 1.19. The first kappa shape index (κ1) is 12.4. The fraction of sp³-hybridized carbons (Fsp3) is 0.0833. The molecule has 0 unspecified atom stereocenters. The van der Waals surface area contributed by atoms with Gasteiger partial charge in [-0.15, -0.1) is 0 Å². The minimum absolute atomic E-state index is 0.0231. The van der Waals surface area contributed by atoms with Crippen molar-refractivity contribution >= 4 is 17.6 Å². The minimum atomic E-state index is -1.21. The molecule has 0 aliphatic heterocycles. The van der Waals surface area contributed by atoms with Crippen molar-refractivity contribution in [1.82, 2.24) is 9.97 Å². The quantitative estimate of drug-likeness (QED) is 0.908. The van der Waals surface area contributed by atoms with Crippen LogP contribution in [0.2, 0.25) is 5.02 Å². The van der Waals surface area contributed by atoms with Gasteiger partial charge in [0, 0.05) is 10.6 Å². The zero-order valence-electron chi connectivity index (χ0n) is 9.32. The van der Waals surface area contributed by atoms with Gasteiger partial charge < -0.3 is 5.11 Å². The summed E-state index contributed by atoms with van der Waals surface area (Å²) in [7, 11) is 0. The predicted molar refractivity (Wildman–Crippen MR) is 64.1 cm³/mol. The largest absolute Gasteiger partial charge is 0.478 e. The van der Waals surface area contributed by atoms with Crippen LogP contribution in [0.1, 0.15) is 16.1 Å². The van der Waals surface area contributed by atoms with E-state index >= 15 is 0 Å². The zero-order chi connectivity index (χ0) is 13.3. The Kier molecular flexibility index (Phi) is 3.25. The van der Waals surface area contributed by atoms with Crippen molar-refractivity contribution in [3.8, 4) is 11.3 Å². The monoisotopic (exact) mass is 266 g/mol. The zero-order valence-corrected chi connectivity index (χ0v) is 10.1. The summed E-state index contributed by atoms with van der Waals surface area (Å²) in [5.74, 6) is -1.79. The van der Waals surface area contributed by atoms with E-state index < -0.39 is 11.8 Å². The highest BCUT2D eigenvalue weighted by molar-refractivity contribution is 6.30. The summed E-state index contributed by atoms with van der Waals surface area (Å²) in [6, 6.07) is 3.89. The van der Waals surface area contributed by atoms with Gasteiger partial charge in [0.05, 0.1) is 11.4 Å². The summed E-state index contributed by atoms with van der Waals surface area (Å²) < 4.78 is 13.7. The lowest BCUT2D eigenvalue weighted by Crippen LogP contribution is -2.07. The molecule has 0 saturated heterocycles. The van der Waals surface area contributed by atoms with Crippen molar-refractivity contribution in [3.05, 3.63) is 46.6 Å². The molecule has 0 radical (unpaired) electrons. The Labute approximate surface area is 107 Å². The molecule has 0 spiro atoms. The van der Waals surface area contributed by atoms with Crippen LogP contribution in [-0.4, -0.2) is 21.0 Å². The lowest BCUT2D eigenvalue weighted by atomic mass is 10.0. The number of benzene rings is 1. The van der Waals surface area contributed by atoms with Gasteiger partial charge in [-0.3, -0.25) is 0 Å². The fourth-order valence-corrected chi connectivity index (χ4v) is 1.78. The third kappa shape index (κ3) is 2.17. The summed E-state index contributed by atoms with van der Waals surface area (Å²) in [5, 5.41) is 9.44. The second-order valence-electron chi connectivity index (χ2n) is 3.61. The normalized spacial score (nSPS) is 10.4. The van der Waals surface area contributed by atoms with Crippen molar-refractivity contribution in [1.29, 1.82) is 0 Å². The Morgan fingerprint density at radius 2 is 2.11 bits per heavy atom. The molecule has 0 amide bonds. The van der Waals surface area contributed by atoms with Gasteiger partial charge >= 0.3 is 5.97 Å². The number of carbonyl (C=O) groups is 1. The molecule has 0 aliphatic carbocycles. The SMILES string of the molecule is Cc1ncnc(-c2cc(Cl)ccc2F)c1C(=O)O. The highest BCUT2D eigenvalue weighted by Crippen LogP contribution is 2.27. The number of aryl methyl sites for hydroxylation is 1. The van der Waals surface area contributed by atoms with Crippen molar-refractivity contribution in [2.45, 2.75) is 6.92 Å². The lowest BCUT2D eigenvalue weighted by Gasteiger charge is -2.08. The molecule has 18 heavy (non-hydrogen) atoms. The lowest BCUT2D eigenvalue weighted by molar-refractivity contribution is 0.0696. The van der Waals surface area contributed by atoms with Crippen LogP contribution in [0.5, 0.6) is 0 Å². The highest BCUT2D eigenvalue weighted by Gasteiger charge is 2.19. The van der Waals surface area contributed by atoms with Gasteiger partial charge in [0.15, 0.2) is 0 Å². The predicted octanol–water partition coefficient (Wildman–Crippen LogP) is 2.94. The Morgan fingerprint density at radius 1 is 1.39 bits per heavy atom. The average Bonchev–Trinajstić information content (AvgIpc) is 2.31. The van der Waals surface area contributed by atoms with Crippen molar-refractivity contribution in [2.75, 3.05) is 0 Å². The highest BCUT2D eigenvalue weighted by atomic mass is 35.5. The van der Waals surface area contributed by atoms with Crippen LogP contribution in [-0.2, 0) is 0 Å². The molecule has 4 nitrogen and oxygen atoms in total. The molecule has 1 aromatic carbocycles. The van der Waals surface area contributed by atoms with E-state index in [0.717, 1.165) is 0 Å². The molecule has 1 heterocycles. The van der Waals surface area contributed by atoms with E-state index in [1.807, 2.05) is 0 Å². The molecule has 2 aromatic rings. The number of rotatable bonds is 2. The van der Waals surface area contributed by atoms with Gasteiger partial charge in [0.1, 0.15) is 17.7 Å². The molecule has 0 aliphatic rings. The number of hydrogen-bond acceptors (Lipinski definition) is 3. The van der Waals surface area contributed by atoms with Crippen LogP contribution < -0.4 is 0 Å². The molecule has 0 atom stereocenters. The summed E-state index contributed by atoms with van der Waals surface area (Å²) in [6.45, 7) is 1.52. The molecule has 1 N–H and O–H groups in total. The maximum Gasteiger partial charge on any atom is 0.339 e. The maximum atomic E-state index is 13.7. The molecule has 6 heteroatoms. The molecule has 2 rings (SSSR count). The van der Waals surface area contributed by atoms with Crippen LogP contribution in [0.3, 0.4) is 0 Å². The molecular formula is C12H8ClFN2O2. The number of nitrogens with zero attached hydrogens (tertiary/aromatic N) is 2. The standard InChI is InChI=1S/C12H8ClFN2O2/c1-6-10(12(17)18)11(16-5-15-6)8-4-7(13)2-3-9(8)14/h2-5H,1H3,(H,17,18). The molecular weight excluding hydrogens is 259 g/mol. The van der Waals surface area contributed by atoms with Gasteiger partial charge in [0.25, 0.3) is 0 Å². The third-order valence-electron chi connectivity index (χ3n) is 2.43. The minimum Gasteiger partial charge on any atom is -0.478 e. The molecule has 1 aromatic heterocycles. The number of carboxylic acids is 1. The average molecular weight is 267 g/mol. The molecule has 0 fully saturated rings. The molecule has 0 bridgehead atoms. The van der Waals surface area contributed by atoms with Crippen molar-refractivity contribution in [2.24, 2.45) is 0 Å². The van der Waals surface area contributed by atoms with Crippen molar-refractivity contribution in [3.63, 3.8) is 0 Å². The van der Waals surface area contributed by atoms with Crippen LogP contribution in [0, 0.1) is 12.7 Å². The molecule has 92 valence electrons. The first-order valence-electron chi connectivity index (χ1n) is 5.01. The van der Waals surface area contributed by atoms with E-state index in [1.165, 1.54) is 31.5 Å². The van der Waals surface area contributed by atoms with Crippen LogP contribution in [0.15, 0.2) is 24.5 Å². The second-order valence-corrected chi connectivity index (χ2v) is 4.05. The van der Waals surface area contributed by atoms with Gasteiger partial charge in [-0.2, -0.15) is 0 Å². The Bertz CT molecular complexity index is 631. The van der Waals surface area contributed by atoms with Gasteiger partial charge in [-0.05, 0) is 25.1 Å². The number of halogens is 2. The van der Waals surface area contributed by atoms with E-state index in [2.05, 4.69) is 9.97 Å². The van der Waals surface area contributed by atoms with E-state index in [4.69, 9.17) is 16.7 Å². The van der Waals surface area contributed by atoms with Crippen LogP contribution >= 0.6 is 11.6 Å². The summed E-state index contributed by atoms with van der Waals surface area (Å²) >= 11 is 5.78. The molecule has 0 saturated carbocycles. The summed E-state index contributed by atoms with van der Waals surface area (Å²) in [5.41, 5.74) is 0.214. The number of hydrogen-bond donors (Lipinski definition) is 1. The maximum absolute atomic E-state index is 13.7. The van der Waals surface area contributed by atoms with E-state index in [9.17, 15) is 9.18 Å². The Hall–Kier alpha value is -2.01. The van der Waals surface area contributed by atoms with Gasteiger partial charge in [-0.1, -0.05) is 11.6 Å². The first-order chi connectivity index (χ1) is 8.50. The number of aromatic carboxylic acids is 1. The van der Waals surface area contributed by atoms with E-state index in [0.29, 0.717) is 5.02 Å². The number of aromatic nitrogens is 2. The topological polar surface area (TPSA) is 63.1 Å². The van der Waals surface area contributed by atoms with Crippen LogP contribution in [0.4, 0.5) is 4.39 Å². The fourth-order valence-electron chi connectivity index (χ4n) is 1.61. The van der Waals surface area contributed by atoms with Gasteiger partial charge in [-0.25, -0.2) is 19.2 Å². The number of carboxylic acid groups (broad SMARTS) is 1. The smallest absolute Gasteiger partial charge is 0.339 e.